The minimum atomic E-state index is 0.143. The highest BCUT2D eigenvalue weighted by Gasteiger charge is 2.28. The zero-order chi connectivity index (χ0) is 14.7. The SMILES string of the molecule is Cc1cnn(CC2CCCCN2C(=O)COCC2CC2)c1. The molecule has 5 heteroatoms. The molecule has 1 saturated heterocycles. The summed E-state index contributed by atoms with van der Waals surface area (Å²) in [5.74, 6) is 0.853. The second kappa shape index (κ2) is 6.60. The van der Waals surface area contributed by atoms with E-state index >= 15 is 0 Å². The molecule has 5 nitrogen and oxygen atoms in total. The molecule has 0 radical (unpaired) electrons. The van der Waals surface area contributed by atoms with Gasteiger partial charge in [0.2, 0.25) is 5.91 Å². The maximum atomic E-state index is 12.4. The van der Waals surface area contributed by atoms with Crippen LogP contribution in [-0.2, 0) is 16.1 Å². The summed E-state index contributed by atoms with van der Waals surface area (Å²) in [5, 5.41) is 4.34. The highest BCUT2D eigenvalue weighted by atomic mass is 16.5. The van der Waals surface area contributed by atoms with Crippen LogP contribution < -0.4 is 0 Å². The van der Waals surface area contributed by atoms with Crippen LogP contribution in [0.15, 0.2) is 12.4 Å². The molecule has 1 saturated carbocycles. The summed E-state index contributed by atoms with van der Waals surface area (Å²) in [4.78, 5) is 14.4. The van der Waals surface area contributed by atoms with Crippen molar-refractivity contribution in [3.8, 4) is 0 Å². The number of rotatable bonds is 6. The van der Waals surface area contributed by atoms with Crippen LogP contribution in [0, 0.1) is 12.8 Å². The first-order valence-electron chi connectivity index (χ1n) is 8.08. The molecule has 3 rings (SSSR count). The fourth-order valence-electron chi connectivity index (χ4n) is 2.98. The normalized spacial score (nSPS) is 22.5. The summed E-state index contributed by atoms with van der Waals surface area (Å²) in [6.07, 6.45) is 9.79. The average molecular weight is 291 g/mol. The largest absolute Gasteiger partial charge is 0.371 e. The van der Waals surface area contributed by atoms with E-state index in [9.17, 15) is 4.79 Å². The number of hydrogen-bond acceptors (Lipinski definition) is 3. The Balaban J connectivity index is 1.53. The van der Waals surface area contributed by atoms with E-state index in [1.807, 2.05) is 28.9 Å². The highest BCUT2D eigenvalue weighted by molar-refractivity contribution is 5.77. The third-order valence-electron chi connectivity index (χ3n) is 4.38. The number of likely N-dealkylation sites (tertiary alicyclic amines) is 1. The van der Waals surface area contributed by atoms with Gasteiger partial charge >= 0.3 is 0 Å². The Morgan fingerprint density at radius 2 is 2.24 bits per heavy atom. The van der Waals surface area contributed by atoms with Gasteiger partial charge in [-0.1, -0.05) is 0 Å². The van der Waals surface area contributed by atoms with Crippen molar-refractivity contribution in [2.75, 3.05) is 19.8 Å². The van der Waals surface area contributed by atoms with Crippen molar-refractivity contribution in [3.63, 3.8) is 0 Å². The predicted octanol–water partition coefficient (Wildman–Crippen LogP) is 2.00. The monoisotopic (exact) mass is 291 g/mol. The van der Waals surface area contributed by atoms with E-state index < -0.39 is 0 Å². The zero-order valence-electron chi connectivity index (χ0n) is 12.8. The first-order valence-corrected chi connectivity index (χ1v) is 8.08. The minimum Gasteiger partial charge on any atom is -0.371 e. The Hall–Kier alpha value is -1.36. The number of aromatic nitrogens is 2. The van der Waals surface area contributed by atoms with Gasteiger partial charge in [0.1, 0.15) is 6.61 Å². The van der Waals surface area contributed by atoms with E-state index in [-0.39, 0.29) is 18.6 Å². The average Bonchev–Trinajstić information content (AvgIpc) is 3.21. The van der Waals surface area contributed by atoms with E-state index in [4.69, 9.17) is 4.74 Å². The van der Waals surface area contributed by atoms with E-state index in [1.165, 1.54) is 19.3 Å². The summed E-state index contributed by atoms with van der Waals surface area (Å²) >= 11 is 0. The quantitative estimate of drug-likeness (QED) is 0.805. The molecule has 0 spiro atoms. The van der Waals surface area contributed by atoms with Gasteiger partial charge < -0.3 is 9.64 Å². The molecule has 1 aromatic heterocycles. The molecule has 116 valence electrons. The maximum absolute atomic E-state index is 12.4. The maximum Gasteiger partial charge on any atom is 0.248 e. The number of hydrogen-bond donors (Lipinski definition) is 0. The van der Waals surface area contributed by atoms with Crippen molar-refractivity contribution in [2.24, 2.45) is 5.92 Å². The van der Waals surface area contributed by atoms with Crippen LogP contribution in [0.5, 0.6) is 0 Å². The third-order valence-corrected chi connectivity index (χ3v) is 4.38. The molecule has 0 N–H and O–H groups in total. The second-order valence-electron chi connectivity index (χ2n) is 6.43. The summed E-state index contributed by atoms with van der Waals surface area (Å²) in [7, 11) is 0. The van der Waals surface area contributed by atoms with Crippen molar-refractivity contribution in [1.29, 1.82) is 0 Å². The van der Waals surface area contributed by atoms with Gasteiger partial charge in [-0.05, 0) is 50.5 Å². The molecule has 1 amide bonds. The standard InChI is InChI=1S/C16H25N3O2/c1-13-8-17-18(9-13)10-15-4-2-3-7-19(15)16(20)12-21-11-14-5-6-14/h8-9,14-15H,2-7,10-12H2,1H3. The van der Waals surface area contributed by atoms with Gasteiger partial charge in [0.25, 0.3) is 0 Å². The zero-order valence-corrected chi connectivity index (χ0v) is 12.8. The van der Waals surface area contributed by atoms with E-state index in [2.05, 4.69) is 5.10 Å². The van der Waals surface area contributed by atoms with Crippen LogP contribution >= 0.6 is 0 Å². The Labute approximate surface area is 126 Å². The summed E-state index contributed by atoms with van der Waals surface area (Å²) in [5.41, 5.74) is 1.16. The topological polar surface area (TPSA) is 47.4 Å². The number of ether oxygens (including phenoxy) is 1. The smallest absolute Gasteiger partial charge is 0.248 e. The van der Waals surface area contributed by atoms with E-state index in [0.29, 0.717) is 5.92 Å². The minimum absolute atomic E-state index is 0.143. The molecule has 1 unspecified atom stereocenters. The van der Waals surface area contributed by atoms with Crippen molar-refractivity contribution >= 4 is 5.91 Å². The summed E-state index contributed by atoms with van der Waals surface area (Å²) in [6.45, 7) is 4.69. The lowest BCUT2D eigenvalue weighted by molar-refractivity contribution is -0.140. The molecule has 21 heavy (non-hydrogen) atoms. The third kappa shape index (κ3) is 4.06. The fraction of sp³-hybridized carbons (Fsp3) is 0.750. The van der Waals surface area contributed by atoms with Crippen LogP contribution in [0.3, 0.4) is 0 Å². The Morgan fingerprint density at radius 3 is 2.95 bits per heavy atom. The van der Waals surface area contributed by atoms with Crippen molar-refractivity contribution in [1.82, 2.24) is 14.7 Å². The van der Waals surface area contributed by atoms with Gasteiger partial charge in [-0.2, -0.15) is 5.10 Å². The molecule has 1 aliphatic heterocycles. The number of carbonyl (C=O) groups excluding carboxylic acids is 1. The first-order chi connectivity index (χ1) is 10.2. The van der Waals surface area contributed by atoms with Gasteiger partial charge in [-0.15, -0.1) is 0 Å². The van der Waals surface area contributed by atoms with Crippen LogP contribution in [-0.4, -0.2) is 46.4 Å². The van der Waals surface area contributed by atoms with E-state index in [0.717, 1.165) is 38.1 Å². The molecule has 1 aliphatic carbocycles. The van der Waals surface area contributed by atoms with Crippen LogP contribution in [0.2, 0.25) is 0 Å². The molecule has 0 bridgehead atoms. The summed E-state index contributed by atoms with van der Waals surface area (Å²) in [6, 6.07) is 0.259. The van der Waals surface area contributed by atoms with Crippen molar-refractivity contribution in [3.05, 3.63) is 18.0 Å². The second-order valence-corrected chi connectivity index (χ2v) is 6.43. The highest BCUT2D eigenvalue weighted by Crippen LogP contribution is 2.28. The molecule has 2 fully saturated rings. The lowest BCUT2D eigenvalue weighted by atomic mass is 10.0. The molecule has 2 heterocycles. The molecular weight excluding hydrogens is 266 g/mol. The number of amides is 1. The Kier molecular flexibility index (Phi) is 4.58. The van der Waals surface area contributed by atoms with Gasteiger partial charge in [-0.3, -0.25) is 9.48 Å². The van der Waals surface area contributed by atoms with Gasteiger partial charge in [0.05, 0.1) is 25.4 Å². The molecular formula is C16H25N3O2. The van der Waals surface area contributed by atoms with Crippen LogP contribution in [0.4, 0.5) is 0 Å². The number of carbonyl (C=O) groups is 1. The summed E-state index contributed by atoms with van der Waals surface area (Å²) < 4.78 is 7.52. The van der Waals surface area contributed by atoms with Crippen molar-refractivity contribution in [2.45, 2.75) is 51.6 Å². The van der Waals surface area contributed by atoms with Gasteiger partial charge in [0.15, 0.2) is 0 Å². The Morgan fingerprint density at radius 1 is 1.38 bits per heavy atom. The lowest BCUT2D eigenvalue weighted by Gasteiger charge is -2.35. The molecule has 0 aromatic carbocycles. The number of aryl methyl sites for hydroxylation is 1. The van der Waals surface area contributed by atoms with Gasteiger partial charge in [0, 0.05) is 12.7 Å². The predicted molar refractivity (Wildman–Crippen MR) is 79.9 cm³/mol. The number of piperidine rings is 1. The lowest BCUT2D eigenvalue weighted by Crippen LogP contribution is -2.47. The van der Waals surface area contributed by atoms with Gasteiger partial charge in [-0.25, -0.2) is 0 Å². The van der Waals surface area contributed by atoms with Crippen LogP contribution in [0.1, 0.15) is 37.7 Å². The Bertz CT molecular complexity index is 482. The molecule has 1 atom stereocenters. The van der Waals surface area contributed by atoms with Crippen LogP contribution in [0.25, 0.3) is 0 Å². The first kappa shape index (κ1) is 14.6. The number of nitrogens with zero attached hydrogens (tertiary/aromatic N) is 3. The molecule has 2 aliphatic rings. The molecule has 1 aromatic rings. The fourth-order valence-corrected chi connectivity index (χ4v) is 2.98. The van der Waals surface area contributed by atoms with E-state index in [1.54, 1.807) is 0 Å². The van der Waals surface area contributed by atoms with Crippen molar-refractivity contribution < 1.29 is 9.53 Å².